The van der Waals surface area contributed by atoms with Gasteiger partial charge >= 0.3 is 5.97 Å². The maximum absolute atomic E-state index is 12.0. The van der Waals surface area contributed by atoms with E-state index in [1.54, 1.807) is 0 Å². The number of aryl methyl sites for hydroxylation is 1. The topological polar surface area (TPSA) is 51.8 Å². The summed E-state index contributed by atoms with van der Waals surface area (Å²) in [5.41, 5.74) is 1.56. The zero-order chi connectivity index (χ0) is 16.7. The Bertz CT molecular complexity index is 706. The average molecular weight is 505 g/mol. The number of nitrogens with zero attached hydrogens (tertiary/aromatic N) is 1. The average Bonchev–Trinajstić information content (AvgIpc) is 2.91. The van der Waals surface area contributed by atoms with Gasteiger partial charge in [-0.1, -0.05) is 32.0 Å². The minimum absolute atomic E-state index is 0. The molecule has 0 atom stereocenters. The summed E-state index contributed by atoms with van der Waals surface area (Å²) in [6.45, 7) is 6.63. The van der Waals surface area contributed by atoms with Crippen molar-refractivity contribution in [3.8, 4) is 0 Å². The molecule has 0 saturated heterocycles. The molecule has 0 radical (unpaired) electrons. The van der Waals surface area contributed by atoms with Crippen LogP contribution in [0.25, 0.3) is 0 Å². The number of rotatable bonds is 7. The Morgan fingerprint density at radius 2 is 2.12 bits per heavy atom. The summed E-state index contributed by atoms with van der Waals surface area (Å²) < 4.78 is 10.7. The predicted octanol–water partition coefficient (Wildman–Crippen LogP) is 4.20. The molecule has 24 heavy (non-hydrogen) atoms. The van der Waals surface area contributed by atoms with Gasteiger partial charge in [0.05, 0.1) is 18.7 Å². The van der Waals surface area contributed by atoms with E-state index in [2.05, 4.69) is 24.2 Å². The molecule has 0 fully saturated rings. The fourth-order valence-corrected chi connectivity index (χ4v) is 2.67. The fourth-order valence-electron chi connectivity index (χ4n) is 2.09. The van der Waals surface area contributed by atoms with Crippen LogP contribution in [0.2, 0.25) is 0 Å². The number of carbonyl (C=O) groups excluding carboxylic acids is 1. The molecule has 0 aliphatic heterocycles. The van der Waals surface area contributed by atoms with E-state index in [4.69, 9.17) is 9.15 Å². The number of esters is 1. The van der Waals surface area contributed by atoms with Crippen molar-refractivity contribution in [2.75, 3.05) is 6.61 Å². The van der Waals surface area contributed by atoms with Gasteiger partial charge in [-0.3, -0.25) is 21.1 Å². The second-order valence-corrected chi connectivity index (χ2v) is 6.56. The van der Waals surface area contributed by atoms with Gasteiger partial charge in [0, 0.05) is 46.9 Å². The van der Waals surface area contributed by atoms with Gasteiger partial charge in [0.25, 0.3) is 0 Å². The smallest absolute Gasteiger partial charge is 0.310 e. The molecule has 2 rings (SSSR count). The van der Waals surface area contributed by atoms with E-state index in [9.17, 15) is 4.79 Å². The Labute approximate surface area is 185 Å². The second kappa shape index (κ2) is 11.3. The van der Waals surface area contributed by atoms with Crippen molar-refractivity contribution in [1.82, 2.24) is 0 Å². The van der Waals surface area contributed by atoms with Crippen LogP contribution in [-0.4, -0.2) is 12.6 Å². The third kappa shape index (κ3) is 7.68. The predicted molar refractivity (Wildman–Crippen MR) is 90.6 cm³/mol. The van der Waals surface area contributed by atoms with Gasteiger partial charge in [-0.05, 0) is 43.1 Å². The summed E-state index contributed by atoms with van der Waals surface area (Å²) in [5, 5.41) is 2.98. The maximum atomic E-state index is 12.0. The molecule has 0 N–H and O–H groups in total. The summed E-state index contributed by atoms with van der Waals surface area (Å²) in [4.78, 5) is 17.0. The third-order valence-electron chi connectivity index (χ3n) is 3.25. The van der Waals surface area contributed by atoms with Crippen LogP contribution < -0.4 is 4.87 Å². The van der Waals surface area contributed by atoms with Gasteiger partial charge in [0.2, 0.25) is 0 Å². The van der Waals surface area contributed by atoms with Crippen LogP contribution in [0.3, 0.4) is 0 Å². The van der Waals surface area contributed by atoms with Gasteiger partial charge in [-0.15, -0.1) is 5.38 Å². The summed E-state index contributed by atoms with van der Waals surface area (Å²) in [6, 6.07) is 7.54. The molecule has 0 saturated carbocycles. The number of ether oxygens (including phenoxy) is 1. The van der Waals surface area contributed by atoms with Crippen molar-refractivity contribution < 1.29 is 60.9 Å². The summed E-state index contributed by atoms with van der Waals surface area (Å²) in [5.74, 6) is 1.11. The first-order valence-corrected chi connectivity index (χ1v) is 8.62. The molecule has 0 unspecified atom stereocenters. The van der Waals surface area contributed by atoms with E-state index in [0.717, 1.165) is 24.1 Å². The van der Waals surface area contributed by atoms with Crippen molar-refractivity contribution in [2.24, 2.45) is 10.9 Å². The molecule has 0 aliphatic rings. The van der Waals surface area contributed by atoms with E-state index >= 15 is 0 Å². The van der Waals surface area contributed by atoms with E-state index < -0.39 is 0 Å². The van der Waals surface area contributed by atoms with Crippen LogP contribution in [0, 0.1) is 65.1 Å². The first-order chi connectivity index (χ1) is 11.0. The number of para-hydroxylation sites is 1. The molecule has 2 aromatic rings. The monoisotopic (exact) mass is 506 g/mol. The summed E-state index contributed by atoms with van der Waals surface area (Å²) in [7, 11) is 0. The van der Waals surface area contributed by atoms with E-state index in [0.29, 0.717) is 23.2 Å². The number of carbonyl (C=O) groups is 1. The Kier molecular flexibility index (Phi) is 10.2. The summed E-state index contributed by atoms with van der Waals surface area (Å²) >= 11 is 1.32. The zero-order valence-corrected chi connectivity index (χ0v) is 16.6. The molecule has 0 bridgehead atoms. The first kappa shape index (κ1) is 21.7. The largest absolute Gasteiger partial charge is 0.539 e. The Morgan fingerprint density at radius 1 is 1.38 bits per heavy atom. The quantitative estimate of drug-likeness (QED) is 0.322. The van der Waals surface area contributed by atoms with E-state index in [1.165, 1.54) is 11.3 Å². The molecular weight excluding hydrogens is 483 g/mol. The van der Waals surface area contributed by atoms with E-state index in [-0.39, 0.29) is 59.3 Å². The van der Waals surface area contributed by atoms with Crippen LogP contribution >= 0.6 is 11.3 Å². The van der Waals surface area contributed by atoms with Gasteiger partial charge in [0.1, 0.15) is 4.87 Å². The van der Waals surface area contributed by atoms with Crippen LogP contribution in [0.5, 0.6) is 0 Å². The van der Waals surface area contributed by atoms with Crippen LogP contribution in [0.15, 0.2) is 33.7 Å². The van der Waals surface area contributed by atoms with Gasteiger partial charge < -0.3 is 9.15 Å². The van der Waals surface area contributed by atoms with Gasteiger partial charge in [0.15, 0.2) is 0 Å². The standard InChI is InChI=1S/C18H22NO3S.Yb/c1-13(2)7-6-10-21-17(20)11-15-8-4-5-9-16(15)19-18-22-14(3)12-23-18;/h4-5,8-9,13H,6-7,10-11H2,1-3H3;/q-1;. The molecule has 0 amide bonds. The molecule has 138 valence electrons. The van der Waals surface area contributed by atoms with Crippen LogP contribution in [-0.2, 0) is 16.0 Å². The minimum atomic E-state index is -0.220. The normalized spacial score (nSPS) is 11.4. The Hall–Kier alpha value is -0.361. The molecule has 4 nitrogen and oxygen atoms in total. The second-order valence-electron chi connectivity index (χ2n) is 5.80. The molecule has 1 aromatic carbocycles. The third-order valence-corrected chi connectivity index (χ3v) is 3.99. The Morgan fingerprint density at radius 3 is 2.79 bits per heavy atom. The van der Waals surface area contributed by atoms with Crippen molar-refractivity contribution in [2.45, 2.75) is 40.0 Å². The number of hydrogen-bond acceptors (Lipinski definition) is 5. The Balaban J connectivity index is 0.00000288. The van der Waals surface area contributed by atoms with Crippen molar-refractivity contribution in [1.29, 1.82) is 0 Å². The molecule has 6 heteroatoms. The van der Waals surface area contributed by atoms with Crippen molar-refractivity contribution in [3.63, 3.8) is 0 Å². The number of benzene rings is 1. The van der Waals surface area contributed by atoms with Crippen molar-refractivity contribution >= 4 is 23.0 Å². The first-order valence-electron chi connectivity index (χ1n) is 7.81. The zero-order valence-electron chi connectivity index (χ0n) is 14.1. The minimum Gasteiger partial charge on any atom is -0.539 e. The van der Waals surface area contributed by atoms with Crippen LogP contribution in [0.1, 0.15) is 38.0 Å². The summed E-state index contributed by atoms with van der Waals surface area (Å²) in [6.07, 6.45) is 2.18. The fraction of sp³-hybridized carbons (Fsp3) is 0.444. The molecule has 0 spiro atoms. The van der Waals surface area contributed by atoms with Gasteiger partial charge in [-0.2, -0.15) is 0 Å². The SMILES string of the molecule is Cc1[c-]sc(=Nc2ccccc2CC(=O)OCCCC(C)C)o1.[Yb]. The van der Waals surface area contributed by atoms with Crippen molar-refractivity contribution in [3.05, 3.63) is 45.8 Å². The number of hydrogen-bond donors (Lipinski definition) is 0. The molecular formula is C18H22NO3SYb-. The van der Waals surface area contributed by atoms with Gasteiger partial charge in [-0.25, -0.2) is 0 Å². The molecule has 0 aliphatic carbocycles. The molecule has 1 heterocycles. The maximum Gasteiger partial charge on any atom is 0.310 e. The molecule has 1 aromatic heterocycles. The van der Waals surface area contributed by atoms with E-state index in [1.807, 2.05) is 31.2 Å². The van der Waals surface area contributed by atoms with Crippen LogP contribution in [0.4, 0.5) is 5.69 Å².